The lowest BCUT2D eigenvalue weighted by atomic mass is 10.1. The van der Waals surface area contributed by atoms with Crippen LogP contribution in [0.15, 0.2) is 47.6 Å². The number of carbonyl (C=O) groups excluding carboxylic acids is 1. The minimum absolute atomic E-state index is 0.0600. The molecule has 33 heavy (non-hydrogen) atoms. The van der Waals surface area contributed by atoms with E-state index in [0.29, 0.717) is 5.95 Å². The highest BCUT2D eigenvalue weighted by Crippen LogP contribution is 2.29. The Bertz CT molecular complexity index is 878. The second kappa shape index (κ2) is 13.8. The van der Waals surface area contributed by atoms with Crippen LogP contribution in [0.3, 0.4) is 0 Å². The van der Waals surface area contributed by atoms with Gasteiger partial charge in [0.1, 0.15) is 6.10 Å². The van der Waals surface area contributed by atoms with Gasteiger partial charge in [-0.05, 0) is 62.6 Å². The summed E-state index contributed by atoms with van der Waals surface area (Å²) in [5.74, 6) is 0.531. The van der Waals surface area contributed by atoms with Crippen molar-refractivity contribution in [2.75, 3.05) is 5.32 Å². The quantitative estimate of drug-likeness (QED) is 0.252. The van der Waals surface area contributed by atoms with Crippen LogP contribution in [0.5, 0.6) is 0 Å². The lowest BCUT2D eigenvalue weighted by Crippen LogP contribution is -2.38. The Morgan fingerprint density at radius 1 is 1.18 bits per heavy atom. The zero-order valence-corrected chi connectivity index (χ0v) is 20.1. The van der Waals surface area contributed by atoms with Crippen LogP contribution in [0.4, 0.5) is 16.4 Å². The molecule has 1 heterocycles. The number of carbonyl (C=O) groups is 1. The topological polar surface area (TPSA) is 163 Å². The van der Waals surface area contributed by atoms with Crippen molar-refractivity contribution in [1.29, 1.82) is 0 Å². The Kier molecular flexibility index (Phi) is 11.8. The van der Waals surface area contributed by atoms with Crippen LogP contribution in [0.25, 0.3) is 5.57 Å². The molecule has 1 aliphatic rings. The second-order valence-electron chi connectivity index (χ2n) is 7.13. The molecule has 0 saturated carbocycles. The molecular weight excluding hydrogens is 446 g/mol. The Morgan fingerprint density at radius 3 is 2.24 bits per heavy atom. The van der Waals surface area contributed by atoms with Crippen molar-refractivity contribution < 1.29 is 24.9 Å². The van der Waals surface area contributed by atoms with Gasteiger partial charge in [0.25, 0.3) is 0 Å². The first-order valence-corrected chi connectivity index (χ1v) is 11.0. The van der Waals surface area contributed by atoms with Gasteiger partial charge in [0, 0.05) is 34.6 Å². The van der Waals surface area contributed by atoms with E-state index in [2.05, 4.69) is 39.0 Å². The number of thiol groups is 1. The molecule has 1 aromatic carbocycles. The van der Waals surface area contributed by atoms with E-state index >= 15 is 0 Å². The summed E-state index contributed by atoms with van der Waals surface area (Å²) in [7, 11) is 0. The number of hydrogen-bond acceptors (Lipinski definition) is 10. The highest BCUT2D eigenvalue weighted by atomic mass is 32.1. The highest BCUT2D eigenvalue weighted by molar-refractivity contribution is 7.80. The zero-order valence-electron chi connectivity index (χ0n) is 19.2. The van der Waals surface area contributed by atoms with Crippen molar-refractivity contribution in [2.24, 2.45) is 5.73 Å². The molecule has 1 aromatic heterocycles. The number of ether oxygens (including phenoxy) is 1. The average molecular weight is 480 g/mol. The number of amides is 1. The van der Waals surface area contributed by atoms with Gasteiger partial charge in [-0.25, -0.2) is 14.8 Å². The summed E-state index contributed by atoms with van der Waals surface area (Å²) in [5.41, 5.74) is 6.96. The van der Waals surface area contributed by atoms with E-state index in [9.17, 15) is 4.79 Å². The van der Waals surface area contributed by atoms with E-state index in [-0.39, 0.29) is 18.2 Å². The van der Waals surface area contributed by atoms with E-state index in [0.717, 1.165) is 34.6 Å². The molecule has 2 aromatic rings. The molecule has 11 heteroatoms. The third-order valence-corrected chi connectivity index (χ3v) is 4.19. The number of allylic oxidation sites excluding steroid dienone is 1. The summed E-state index contributed by atoms with van der Waals surface area (Å²) in [6.07, 6.45) is 3.55. The maximum atomic E-state index is 11.7. The lowest BCUT2D eigenvalue weighted by molar-refractivity contribution is -0.306. The van der Waals surface area contributed by atoms with Gasteiger partial charge in [0.15, 0.2) is 0 Å². The lowest BCUT2D eigenvalue weighted by Gasteiger charge is -2.12. The number of aliphatic hydroxyl groups is 3. The monoisotopic (exact) mass is 479 g/mol. The predicted octanol–water partition coefficient (Wildman–Crippen LogP) is 2.75. The first-order chi connectivity index (χ1) is 15.5. The molecule has 1 unspecified atom stereocenters. The molecule has 10 nitrogen and oxygen atoms in total. The van der Waals surface area contributed by atoms with Crippen LogP contribution in [-0.2, 0) is 4.74 Å². The summed E-state index contributed by atoms with van der Waals surface area (Å²) in [4.78, 5) is 21.3. The van der Waals surface area contributed by atoms with Crippen LogP contribution in [0.1, 0.15) is 46.1 Å². The SMILES string of the molecule is CC.CC(C)NC(=O)OC1C=C(c2cnc(Nc3ccc(S)cc3)nc2)CC1.NC(O)(O)O. The molecule has 182 valence electrons. The summed E-state index contributed by atoms with van der Waals surface area (Å²) >= 11 is 4.26. The molecule has 0 saturated heterocycles. The van der Waals surface area contributed by atoms with Gasteiger partial charge in [-0.15, -0.1) is 12.6 Å². The number of nitrogens with zero attached hydrogens (tertiary/aromatic N) is 2. The van der Waals surface area contributed by atoms with Crippen molar-refractivity contribution in [3.63, 3.8) is 0 Å². The number of nitrogens with two attached hydrogens (primary N) is 1. The third kappa shape index (κ3) is 12.2. The molecule has 0 radical (unpaired) electrons. The highest BCUT2D eigenvalue weighted by Gasteiger charge is 2.21. The fourth-order valence-electron chi connectivity index (χ4n) is 2.66. The largest absolute Gasteiger partial charge is 0.442 e. The number of benzene rings is 1. The van der Waals surface area contributed by atoms with Crippen molar-refractivity contribution in [2.45, 2.75) is 63.7 Å². The third-order valence-electron chi connectivity index (χ3n) is 3.90. The summed E-state index contributed by atoms with van der Waals surface area (Å²) in [6.45, 7) is 7.80. The molecule has 1 atom stereocenters. The Balaban J connectivity index is 0.000000689. The van der Waals surface area contributed by atoms with E-state index < -0.39 is 6.10 Å². The predicted molar refractivity (Wildman–Crippen MR) is 130 cm³/mol. The van der Waals surface area contributed by atoms with Gasteiger partial charge < -0.3 is 30.7 Å². The Morgan fingerprint density at radius 2 is 1.73 bits per heavy atom. The van der Waals surface area contributed by atoms with E-state index in [4.69, 9.17) is 20.1 Å². The Labute approximate surface area is 199 Å². The van der Waals surface area contributed by atoms with Gasteiger partial charge in [0.05, 0.1) is 0 Å². The summed E-state index contributed by atoms with van der Waals surface area (Å²) in [6, 6.07) is 7.70. The molecule has 0 aliphatic heterocycles. The smallest absolute Gasteiger partial charge is 0.407 e. The molecule has 1 aliphatic carbocycles. The van der Waals surface area contributed by atoms with Gasteiger partial charge in [-0.3, -0.25) is 5.73 Å². The molecule has 0 spiro atoms. The average Bonchev–Trinajstić information content (AvgIpc) is 3.18. The molecule has 7 N–H and O–H groups in total. The van der Waals surface area contributed by atoms with Crippen LogP contribution >= 0.6 is 12.6 Å². The number of aromatic nitrogens is 2. The minimum Gasteiger partial charge on any atom is -0.442 e. The Hall–Kier alpha value is -2.70. The number of alkyl carbamates (subject to hydrolysis) is 1. The van der Waals surface area contributed by atoms with Crippen molar-refractivity contribution in [1.82, 2.24) is 15.3 Å². The maximum Gasteiger partial charge on any atom is 0.407 e. The first-order valence-electron chi connectivity index (χ1n) is 10.5. The van der Waals surface area contributed by atoms with Crippen molar-refractivity contribution >= 4 is 35.9 Å². The zero-order chi connectivity index (χ0) is 25.0. The summed E-state index contributed by atoms with van der Waals surface area (Å²) in [5, 5.41) is 28.1. The molecule has 1 amide bonds. The van der Waals surface area contributed by atoms with Crippen LogP contribution < -0.4 is 16.4 Å². The van der Waals surface area contributed by atoms with Crippen LogP contribution in [-0.4, -0.2) is 49.6 Å². The number of rotatable bonds is 5. The van der Waals surface area contributed by atoms with Gasteiger partial charge in [-0.1, -0.05) is 13.8 Å². The van der Waals surface area contributed by atoms with Gasteiger partial charge in [0.2, 0.25) is 5.95 Å². The summed E-state index contributed by atoms with van der Waals surface area (Å²) < 4.78 is 5.40. The van der Waals surface area contributed by atoms with E-state index in [1.807, 2.05) is 58.0 Å². The molecule has 0 fully saturated rings. The van der Waals surface area contributed by atoms with Crippen molar-refractivity contribution in [3.8, 4) is 0 Å². The number of hydrogen-bond donors (Lipinski definition) is 7. The maximum absolute atomic E-state index is 11.7. The number of nitrogens with one attached hydrogen (secondary N) is 2. The molecule has 0 bridgehead atoms. The number of anilines is 2. The van der Waals surface area contributed by atoms with Crippen molar-refractivity contribution in [3.05, 3.63) is 48.3 Å². The molecule has 3 rings (SSSR count). The van der Waals surface area contributed by atoms with Crippen LogP contribution in [0.2, 0.25) is 0 Å². The second-order valence-corrected chi connectivity index (χ2v) is 7.64. The van der Waals surface area contributed by atoms with Gasteiger partial charge >= 0.3 is 12.2 Å². The minimum atomic E-state index is -3.00. The fraction of sp³-hybridized carbons (Fsp3) is 0.409. The molecular formula is C22H33N5O5S. The normalized spacial score (nSPS) is 14.8. The van der Waals surface area contributed by atoms with Gasteiger partial charge in [-0.2, -0.15) is 0 Å². The standard InChI is InChI=1S/C19H22N4O2S.C2H6.CH5NO3/c1-12(2)22-19(24)25-16-6-3-13(9-16)14-10-20-18(21-11-14)23-15-4-7-17(26)8-5-15;1-2;2-1(3,4)5/h4-5,7-12,16,26H,3,6H2,1-2H3,(H,22,24)(H,20,21,23);1-2H3;3-5H,2H2. The van der Waals surface area contributed by atoms with Crippen LogP contribution in [0, 0.1) is 0 Å². The van der Waals surface area contributed by atoms with E-state index in [1.54, 1.807) is 12.4 Å². The fourth-order valence-corrected chi connectivity index (χ4v) is 2.81. The first kappa shape index (κ1) is 28.3. The van der Waals surface area contributed by atoms with E-state index in [1.165, 1.54) is 0 Å².